The number of aliphatic hydroxyl groups excluding tert-OH is 1. The lowest BCUT2D eigenvalue weighted by Crippen LogP contribution is -2.52. The van der Waals surface area contributed by atoms with Crippen molar-refractivity contribution < 1.29 is 38.8 Å². The molecule has 3 rings (SSSR count). The Morgan fingerprint density at radius 1 is 1.34 bits per heavy atom. The molecule has 0 fully saturated rings. The van der Waals surface area contributed by atoms with Crippen molar-refractivity contribution in [3.05, 3.63) is 33.5 Å². The van der Waals surface area contributed by atoms with E-state index in [0.29, 0.717) is 5.56 Å². The highest BCUT2D eigenvalue weighted by atomic mass is 32.2. The largest absolute Gasteiger partial charge is 0.507 e. The average molecular weight is 424 g/mol. The number of carbonyl (C=O) groups is 2. The van der Waals surface area contributed by atoms with Crippen molar-refractivity contribution in [2.75, 3.05) is 14.2 Å². The normalized spacial score (nSPS) is 18.7. The van der Waals surface area contributed by atoms with E-state index in [9.17, 15) is 29.7 Å². The zero-order valence-electron chi connectivity index (χ0n) is 15.9. The van der Waals surface area contributed by atoms with Crippen molar-refractivity contribution >= 4 is 34.7 Å². The Morgan fingerprint density at radius 2 is 2.03 bits per heavy atom. The van der Waals surface area contributed by atoms with Gasteiger partial charge in [0.1, 0.15) is 16.7 Å². The Bertz CT molecular complexity index is 1040. The first-order valence-electron chi connectivity index (χ1n) is 8.65. The number of phenolic OH excluding ortho intramolecular Hbond substituents is 1. The number of aromatic hydroxyl groups is 1. The number of benzene rings is 1. The van der Waals surface area contributed by atoms with Crippen LogP contribution in [-0.4, -0.2) is 58.4 Å². The van der Waals surface area contributed by atoms with Crippen LogP contribution in [0.3, 0.4) is 0 Å². The predicted octanol–water partition coefficient (Wildman–Crippen LogP) is 0.652. The van der Waals surface area contributed by atoms with Crippen molar-refractivity contribution in [2.45, 2.75) is 41.8 Å². The van der Waals surface area contributed by atoms with E-state index in [2.05, 4.69) is 9.47 Å². The first-order chi connectivity index (χ1) is 13.6. The van der Waals surface area contributed by atoms with Gasteiger partial charge in [0.25, 0.3) is 0 Å². The fraction of sp³-hybridized carbons (Fsp3) is 0.421. The van der Waals surface area contributed by atoms with Crippen LogP contribution in [0.1, 0.15) is 17.5 Å². The summed E-state index contributed by atoms with van der Waals surface area (Å²) < 4.78 is 14.9. The zero-order chi connectivity index (χ0) is 21.5. The second-order valence-corrected chi connectivity index (χ2v) is 8.00. The van der Waals surface area contributed by atoms with Crippen molar-refractivity contribution in [3.8, 4) is 5.75 Å². The number of esters is 2. The van der Waals surface area contributed by atoms with Gasteiger partial charge in [-0.3, -0.25) is 4.79 Å². The maximum Gasteiger partial charge on any atom is 0.339 e. The highest BCUT2D eigenvalue weighted by Crippen LogP contribution is 2.44. The number of rotatable bonds is 5. The molecule has 1 aliphatic rings. The maximum absolute atomic E-state index is 12.9. The average Bonchev–Trinajstić information content (AvgIpc) is 3.10. The van der Waals surface area contributed by atoms with Crippen LogP contribution in [0.15, 0.2) is 26.4 Å². The molecule has 156 valence electrons. The number of hydrogen-bond acceptors (Lipinski definition) is 10. The van der Waals surface area contributed by atoms with E-state index in [-0.39, 0.29) is 33.8 Å². The molecule has 0 saturated carbocycles. The lowest BCUT2D eigenvalue weighted by molar-refractivity contribution is -0.169. The van der Waals surface area contributed by atoms with Gasteiger partial charge in [-0.15, -0.1) is 0 Å². The van der Waals surface area contributed by atoms with Crippen LogP contribution in [0.4, 0.5) is 0 Å². The fourth-order valence-electron chi connectivity index (χ4n) is 3.38. The SMILES string of the molecule is COC(=O)C(O)CC(O)(C(=O)OC)C1Cc2c(oc3cc(C)cc(O)c3c2=O)S1. The Balaban J connectivity index is 2.04. The van der Waals surface area contributed by atoms with E-state index in [1.165, 1.54) is 6.07 Å². The van der Waals surface area contributed by atoms with Crippen molar-refractivity contribution in [1.82, 2.24) is 0 Å². The Hall–Kier alpha value is -2.56. The van der Waals surface area contributed by atoms with E-state index in [1.54, 1.807) is 13.0 Å². The molecular weight excluding hydrogens is 404 g/mol. The summed E-state index contributed by atoms with van der Waals surface area (Å²) >= 11 is 0.926. The van der Waals surface area contributed by atoms with Gasteiger partial charge in [0.05, 0.1) is 25.0 Å². The molecule has 1 aromatic carbocycles. The van der Waals surface area contributed by atoms with Crippen LogP contribution in [0.5, 0.6) is 5.75 Å². The monoisotopic (exact) mass is 424 g/mol. The molecule has 3 N–H and O–H groups in total. The van der Waals surface area contributed by atoms with Gasteiger partial charge in [0.15, 0.2) is 16.8 Å². The topological polar surface area (TPSA) is 144 Å². The number of hydrogen-bond donors (Lipinski definition) is 3. The van der Waals surface area contributed by atoms with E-state index in [0.717, 1.165) is 26.0 Å². The lowest BCUT2D eigenvalue weighted by atomic mass is 9.88. The minimum Gasteiger partial charge on any atom is -0.507 e. The van der Waals surface area contributed by atoms with Gasteiger partial charge in [0.2, 0.25) is 5.43 Å². The first-order valence-corrected chi connectivity index (χ1v) is 9.53. The second kappa shape index (κ2) is 7.69. The standard InChI is InChI=1S/C19H20O9S/c1-8-4-10(20)14-12(5-8)28-17-9(15(14)22)6-13(29-17)19(25,18(24)27-3)7-11(21)16(23)26-2/h4-5,11,13,20-21,25H,6-7H2,1-3H3. The summed E-state index contributed by atoms with van der Waals surface area (Å²) in [7, 11) is 2.12. The van der Waals surface area contributed by atoms with Crippen molar-refractivity contribution in [1.29, 1.82) is 0 Å². The van der Waals surface area contributed by atoms with Crippen LogP contribution < -0.4 is 5.43 Å². The van der Waals surface area contributed by atoms with Crippen LogP contribution in [0, 0.1) is 6.92 Å². The summed E-state index contributed by atoms with van der Waals surface area (Å²) in [6.45, 7) is 1.73. The molecule has 0 aliphatic carbocycles. The molecule has 3 atom stereocenters. The molecule has 2 heterocycles. The van der Waals surface area contributed by atoms with Crippen LogP contribution >= 0.6 is 11.8 Å². The summed E-state index contributed by atoms with van der Waals surface area (Å²) in [5.74, 6) is -2.32. The lowest BCUT2D eigenvalue weighted by Gasteiger charge is -2.31. The molecule has 0 bridgehead atoms. The van der Waals surface area contributed by atoms with Gasteiger partial charge in [-0.2, -0.15) is 0 Å². The molecule has 0 radical (unpaired) electrons. The molecule has 1 aromatic heterocycles. The number of aryl methyl sites for hydroxylation is 1. The van der Waals surface area contributed by atoms with Gasteiger partial charge < -0.3 is 29.2 Å². The van der Waals surface area contributed by atoms with Gasteiger partial charge in [-0.25, -0.2) is 9.59 Å². The molecule has 29 heavy (non-hydrogen) atoms. The number of phenols is 1. The first kappa shape index (κ1) is 21.2. The fourth-order valence-corrected chi connectivity index (χ4v) is 4.73. The minimum atomic E-state index is -2.29. The minimum absolute atomic E-state index is 0.00630. The Morgan fingerprint density at radius 3 is 2.66 bits per heavy atom. The van der Waals surface area contributed by atoms with Gasteiger partial charge in [0, 0.05) is 6.42 Å². The van der Waals surface area contributed by atoms with Gasteiger partial charge in [-0.05, 0) is 31.0 Å². The van der Waals surface area contributed by atoms with Crippen LogP contribution in [0.2, 0.25) is 0 Å². The van der Waals surface area contributed by atoms with E-state index >= 15 is 0 Å². The Labute approximate surface area is 169 Å². The molecule has 0 amide bonds. The van der Waals surface area contributed by atoms with Crippen molar-refractivity contribution in [2.24, 2.45) is 0 Å². The number of carbonyl (C=O) groups excluding carboxylic acids is 2. The number of thioether (sulfide) groups is 1. The predicted molar refractivity (Wildman–Crippen MR) is 102 cm³/mol. The molecule has 2 aromatic rings. The number of methoxy groups -OCH3 is 2. The maximum atomic E-state index is 12.9. The van der Waals surface area contributed by atoms with Crippen LogP contribution in [0.25, 0.3) is 11.0 Å². The number of aliphatic hydroxyl groups is 2. The van der Waals surface area contributed by atoms with E-state index in [4.69, 9.17) is 4.42 Å². The van der Waals surface area contributed by atoms with Crippen LogP contribution in [-0.2, 0) is 25.5 Å². The van der Waals surface area contributed by atoms with Gasteiger partial charge >= 0.3 is 11.9 Å². The third-order valence-corrected chi connectivity index (χ3v) is 6.25. The van der Waals surface area contributed by atoms with Crippen molar-refractivity contribution in [3.63, 3.8) is 0 Å². The molecular formula is C19H20O9S. The molecule has 9 nitrogen and oxygen atoms in total. The second-order valence-electron chi connectivity index (χ2n) is 6.82. The van der Waals surface area contributed by atoms with Gasteiger partial charge in [-0.1, -0.05) is 11.8 Å². The molecule has 1 aliphatic heterocycles. The highest BCUT2D eigenvalue weighted by Gasteiger charge is 2.51. The Kier molecular flexibility index (Phi) is 5.61. The highest BCUT2D eigenvalue weighted by molar-refractivity contribution is 8.00. The smallest absolute Gasteiger partial charge is 0.339 e. The van der Waals surface area contributed by atoms with E-state index in [1.807, 2.05) is 0 Å². The summed E-state index contributed by atoms with van der Waals surface area (Å²) in [5, 5.41) is 30.4. The third kappa shape index (κ3) is 3.59. The summed E-state index contributed by atoms with van der Waals surface area (Å²) in [4.78, 5) is 36.8. The molecule has 3 unspecified atom stereocenters. The summed E-state index contributed by atoms with van der Waals surface area (Å²) in [6.07, 6.45) is -2.55. The molecule has 0 spiro atoms. The number of fused-ring (bicyclic) bond motifs is 2. The number of ether oxygens (including phenoxy) is 2. The quantitative estimate of drug-likeness (QED) is 0.585. The molecule has 10 heteroatoms. The summed E-state index contributed by atoms with van der Waals surface area (Å²) in [6, 6.07) is 3.03. The molecule has 0 saturated heterocycles. The zero-order valence-corrected chi connectivity index (χ0v) is 16.7. The third-order valence-electron chi connectivity index (χ3n) is 4.86. The van der Waals surface area contributed by atoms with E-state index < -0.39 is 40.7 Å². The summed E-state index contributed by atoms with van der Waals surface area (Å²) in [5.41, 5.74) is -1.73.